The van der Waals surface area contributed by atoms with Crippen molar-refractivity contribution in [2.24, 2.45) is 0 Å². The van der Waals surface area contributed by atoms with Gasteiger partial charge in [-0.15, -0.1) is 0 Å². The van der Waals surface area contributed by atoms with Crippen LogP contribution in [0.3, 0.4) is 0 Å². The van der Waals surface area contributed by atoms with Crippen molar-refractivity contribution in [1.29, 1.82) is 0 Å². The quantitative estimate of drug-likeness (QED) is 0.720. The van der Waals surface area contributed by atoms with E-state index in [9.17, 15) is 5.11 Å². The van der Waals surface area contributed by atoms with Crippen molar-refractivity contribution < 1.29 is 9.63 Å². The summed E-state index contributed by atoms with van der Waals surface area (Å²) in [5.74, 6) is 1.08. The van der Waals surface area contributed by atoms with Crippen molar-refractivity contribution in [2.45, 2.75) is 19.1 Å². The minimum absolute atomic E-state index is 0.470. The third-order valence-corrected chi connectivity index (χ3v) is 3.76. The summed E-state index contributed by atoms with van der Waals surface area (Å²) in [4.78, 5) is 10.5. The monoisotopic (exact) mass is 324 g/mol. The number of aromatic nitrogens is 3. The number of pyridine rings is 1. The Morgan fingerprint density at radius 1 is 1.17 bits per heavy atom. The van der Waals surface area contributed by atoms with Crippen LogP contribution in [0.4, 0.5) is 0 Å². The average molecular weight is 324 g/mol. The molecule has 6 heteroatoms. The molecule has 0 saturated heterocycles. The summed E-state index contributed by atoms with van der Waals surface area (Å²) in [6, 6.07) is 13.4. The van der Waals surface area contributed by atoms with Crippen LogP contribution in [0.5, 0.6) is 0 Å². The van der Waals surface area contributed by atoms with E-state index in [4.69, 9.17) is 4.52 Å². The first-order chi connectivity index (χ1) is 11.7. The molecule has 0 spiro atoms. The molecule has 0 saturated carbocycles. The molecule has 1 unspecified atom stereocenters. The van der Waals surface area contributed by atoms with E-state index in [0.29, 0.717) is 24.7 Å². The largest absolute Gasteiger partial charge is 0.388 e. The minimum atomic E-state index is -0.470. The maximum atomic E-state index is 10.2. The standard InChI is InChI=1S/C18H20N4O2/c1-22(11-9-16(23)14-6-3-2-4-7-14)13-17-20-18(21-24-17)15-8-5-10-19-12-15/h2-8,10,12,16,23H,9,11,13H2,1H3. The molecule has 1 atom stereocenters. The molecule has 0 radical (unpaired) electrons. The molecule has 2 heterocycles. The number of benzene rings is 1. The lowest BCUT2D eigenvalue weighted by Crippen LogP contribution is -2.21. The predicted molar refractivity (Wildman–Crippen MR) is 89.9 cm³/mol. The Kier molecular flexibility index (Phi) is 5.30. The van der Waals surface area contributed by atoms with Gasteiger partial charge in [0.1, 0.15) is 0 Å². The van der Waals surface area contributed by atoms with Crippen LogP contribution in [0.25, 0.3) is 11.4 Å². The Bertz CT molecular complexity index is 746. The topological polar surface area (TPSA) is 75.3 Å². The highest BCUT2D eigenvalue weighted by Gasteiger charge is 2.13. The zero-order valence-corrected chi connectivity index (χ0v) is 13.5. The number of hydrogen-bond acceptors (Lipinski definition) is 6. The number of aliphatic hydroxyl groups is 1. The molecule has 1 aromatic carbocycles. The van der Waals surface area contributed by atoms with E-state index in [-0.39, 0.29) is 0 Å². The Hall–Kier alpha value is -2.57. The summed E-state index contributed by atoms with van der Waals surface area (Å²) in [6.45, 7) is 1.26. The average Bonchev–Trinajstić information content (AvgIpc) is 3.09. The molecule has 24 heavy (non-hydrogen) atoms. The Balaban J connectivity index is 1.52. The van der Waals surface area contributed by atoms with Gasteiger partial charge in [0.25, 0.3) is 0 Å². The predicted octanol–water partition coefficient (Wildman–Crippen LogP) is 2.69. The second-order valence-corrected chi connectivity index (χ2v) is 5.71. The highest BCUT2D eigenvalue weighted by molar-refractivity contribution is 5.51. The molecule has 3 rings (SSSR count). The zero-order valence-electron chi connectivity index (χ0n) is 13.5. The van der Waals surface area contributed by atoms with E-state index in [1.807, 2.05) is 54.4 Å². The maximum absolute atomic E-state index is 10.2. The lowest BCUT2D eigenvalue weighted by atomic mass is 10.1. The number of rotatable bonds is 7. The number of aliphatic hydroxyl groups excluding tert-OH is 1. The van der Waals surface area contributed by atoms with Gasteiger partial charge in [-0.1, -0.05) is 35.5 Å². The van der Waals surface area contributed by atoms with E-state index in [0.717, 1.165) is 17.7 Å². The van der Waals surface area contributed by atoms with Crippen LogP contribution in [0.15, 0.2) is 59.4 Å². The fraction of sp³-hybridized carbons (Fsp3) is 0.278. The zero-order chi connectivity index (χ0) is 16.8. The Labute approximate surface area is 140 Å². The van der Waals surface area contributed by atoms with E-state index < -0.39 is 6.10 Å². The van der Waals surface area contributed by atoms with Crippen LogP contribution < -0.4 is 0 Å². The van der Waals surface area contributed by atoms with Crippen molar-refractivity contribution in [3.63, 3.8) is 0 Å². The summed E-state index contributed by atoms with van der Waals surface area (Å²) >= 11 is 0. The van der Waals surface area contributed by atoms with Gasteiger partial charge in [-0.2, -0.15) is 4.98 Å². The smallest absolute Gasteiger partial charge is 0.241 e. The van der Waals surface area contributed by atoms with Gasteiger partial charge in [0.2, 0.25) is 11.7 Å². The van der Waals surface area contributed by atoms with Crippen LogP contribution in [-0.4, -0.2) is 38.7 Å². The molecule has 0 bridgehead atoms. The molecule has 3 aromatic rings. The van der Waals surface area contributed by atoms with Crippen LogP contribution in [0, 0.1) is 0 Å². The van der Waals surface area contributed by atoms with Crippen LogP contribution in [0.1, 0.15) is 24.0 Å². The van der Waals surface area contributed by atoms with Gasteiger partial charge in [-0.25, -0.2) is 0 Å². The van der Waals surface area contributed by atoms with Crippen molar-refractivity contribution in [2.75, 3.05) is 13.6 Å². The third kappa shape index (κ3) is 4.24. The third-order valence-electron chi connectivity index (χ3n) is 3.76. The molecule has 6 nitrogen and oxygen atoms in total. The first kappa shape index (κ1) is 16.3. The van der Waals surface area contributed by atoms with Crippen LogP contribution >= 0.6 is 0 Å². The number of nitrogens with zero attached hydrogens (tertiary/aromatic N) is 4. The highest BCUT2D eigenvalue weighted by Crippen LogP contribution is 2.17. The molecule has 2 aromatic heterocycles. The molecule has 1 N–H and O–H groups in total. The summed E-state index contributed by atoms with van der Waals surface area (Å²) in [7, 11) is 1.96. The lowest BCUT2D eigenvalue weighted by Gasteiger charge is -2.17. The van der Waals surface area contributed by atoms with Crippen molar-refractivity contribution in [1.82, 2.24) is 20.0 Å². The second-order valence-electron chi connectivity index (χ2n) is 5.71. The molecule has 0 amide bonds. The van der Waals surface area contributed by atoms with Gasteiger partial charge in [0, 0.05) is 24.5 Å². The molecule has 0 aliphatic heterocycles. The molecule has 124 valence electrons. The molecular formula is C18H20N4O2. The van der Waals surface area contributed by atoms with Gasteiger partial charge >= 0.3 is 0 Å². The SMILES string of the molecule is CN(CCC(O)c1ccccc1)Cc1nc(-c2cccnc2)no1. The minimum Gasteiger partial charge on any atom is -0.388 e. The normalized spacial score (nSPS) is 12.5. The molecular weight excluding hydrogens is 304 g/mol. The lowest BCUT2D eigenvalue weighted by molar-refractivity contribution is 0.144. The van der Waals surface area contributed by atoms with Crippen molar-refractivity contribution in [3.05, 3.63) is 66.3 Å². The van der Waals surface area contributed by atoms with Crippen LogP contribution in [0.2, 0.25) is 0 Å². The Morgan fingerprint density at radius 2 is 2.00 bits per heavy atom. The highest BCUT2D eigenvalue weighted by atomic mass is 16.5. The summed E-state index contributed by atoms with van der Waals surface area (Å²) < 4.78 is 5.29. The Morgan fingerprint density at radius 3 is 2.75 bits per heavy atom. The van der Waals surface area contributed by atoms with Gasteiger partial charge in [0.15, 0.2) is 0 Å². The van der Waals surface area contributed by atoms with Crippen molar-refractivity contribution >= 4 is 0 Å². The summed E-state index contributed by atoms with van der Waals surface area (Å²) in [5.41, 5.74) is 1.76. The van der Waals surface area contributed by atoms with E-state index in [1.54, 1.807) is 12.4 Å². The summed E-state index contributed by atoms with van der Waals surface area (Å²) in [5, 5.41) is 14.2. The first-order valence-electron chi connectivity index (χ1n) is 7.87. The maximum Gasteiger partial charge on any atom is 0.241 e. The molecule has 0 aliphatic rings. The van der Waals surface area contributed by atoms with Gasteiger partial charge in [0.05, 0.1) is 12.6 Å². The first-order valence-corrected chi connectivity index (χ1v) is 7.87. The fourth-order valence-corrected chi connectivity index (χ4v) is 2.43. The van der Waals surface area contributed by atoms with Crippen LogP contribution in [-0.2, 0) is 6.54 Å². The van der Waals surface area contributed by atoms with Gasteiger partial charge in [-0.05, 0) is 31.2 Å². The molecule has 0 fully saturated rings. The fourth-order valence-electron chi connectivity index (χ4n) is 2.43. The van der Waals surface area contributed by atoms with Gasteiger partial charge < -0.3 is 9.63 Å². The van der Waals surface area contributed by atoms with Gasteiger partial charge in [-0.3, -0.25) is 9.88 Å². The van der Waals surface area contributed by atoms with Crippen molar-refractivity contribution in [3.8, 4) is 11.4 Å². The van der Waals surface area contributed by atoms with E-state index >= 15 is 0 Å². The van der Waals surface area contributed by atoms with E-state index in [2.05, 4.69) is 15.1 Å². The molecule has 0 aliphatic carbocycles. The second kappa shape index (κ2) is 7.81. The van der Waals surface area contributed by atoms with E-state index in [1.165, 1.54) is 0 Å². The number of hydrogen-bond donors (Lipinski definition) is 1. The summed E-state index contributed by atoms with van der Waals surface area (Å²) in [6.07, 6.45) is 3.58.